The Labute approximate surface area is 119 Å². The molecule has 19 heavy (non-hydrogen) atoms. The van der Waals surface area contributed by atoms with E-state index in [9.17, 15) is 0 Å². The zero-order valence-corrected chi connectivity index (χ0v) is 12.8. The highest BCUT2D eigenvalue weighted by Gasteiger charge is 2.35. The molecule has 0 unspecified atom stereocenters. The largest absolute Gasteiger partial charge is 0.372 e. The molecule has 5 heteroatoms. The maximum atomic E-state index is 6.01. The zero-order chi connectivity index (χ0) is 13.4. The molecule has 2 saturated heterocycles. The van der Waals surface area contributed by atoms with Gasteiger partial charge in [0.25, 0.3) is 0 Å². The maximum Gasteiger partial charge on any atom is 0.101 e. The van der Waals surface area contributed by atoms with Crippen LogP contribution in [0.15, 0.2) is 0 Å². The van der Waals surface area contributed by atoms with Crippen LogP contribution >= 0.6 is 11.8 Å². The minimum Gasteiger partial charge on any atom is -0.372 e. The van der Waals surface area contributed by atoms with Gasteiger partial charge >= 0.3 is 0 Å². The molecule has 0 aromatic carbocycles. The minimum absolute atomic E-state index is 0.180. The van der Waals surface area contributed by atoms with E-state index in [1.165, 1.54) is 29.2 Å². The first-order valence-corrected chi connectivity index (χ1v) is 8.27. The van der Waals surface area contributed by atoms with E-state index >= 15 is 0 Å². The minimum atomic E-state index is 0.180. The van der Waals surface area contributed by atoms with Crippen molar-refractivity contribution in [2.24, 2.45) is 7.05 Å². The summed E-state index contributed by atoms with van der Waals surface area (Å²) in [5, 5.41) is 8.33. The van der Waals surface area contributed by atoms with Crippen molar-refractivity contribution >= 4 is 11.8 Å². The van der Waals surface area contributed by atoms with E-state index in [0.29, 0.717) is 12.1 Å². The van der Waals surface area contributed by atoms with Crippen molar-refractivity contribution in [2.45, 2.75) is 44.9 Å². The Morgan fingerprint density at radius 1 is 1.37 bits per heavy atom. The van der Waals surface area contributed by atoms with E-state index in [-0.39, 0.29) is 6.10 Å². The fourth-order valence-corrected chi connectivity index (χ4v) is 4.38. The second kappa shape index (κ2) is 5.46. The van der Waals surface area contributed by atoms with Crippen LogP contribution in [-0.2, 0) is 11.8 Å². The van der Waals surface area contributed by atoms with E-state index in [4.69, 9.17) is 4.74 Å². The Kier molecular flexibility index (Phi) is 3.87. The molecule has 0 spiro atoms. The predicted molar refractivity (Wildman–Crippen MR) is 78.6 cm³/mol. The van der Waals surface area contributed by atoms with Crippen LogP contribution in [0.4, 0.5) is 0 Å². The van der Waals surface area contributed by atoms with Crippen molar-refractivity contribution < 1.29 is 4.74 Å². The first kappa shape index (κ1) is 13.5. The second-order valence-corrected chi connectivity index (χ2v) is 6.77. The Morgan fingerprint density at radius 3 is 2.84 bits per heavy atom. The van der Waals surface area contributed by atoms with Gasteiger partial charge in [-0.3, -0.25) is 4.68 Å². The van der Waals surface area contributed by atoms with E-state index in [2.05, 4.69) is 36.0 Å². The summed E-state index contributed by atoms with van der Waals surface area (Å²) in [6, 6.07) is 1.11. The van der Waals surface area contributed by atoms with Gasteiger partial charge in [0.2, 0.25) is 0 Å². The standard InChI is InChI=1S/C14H23N3OS/c1-9-13(10(2)17(3)16-9)14-12(4-6-18-14)15-11-5-7-19-8-11/h11-12,14-15H,4-8H2,1-3H3/t11-,12-,14-/m0/s1. The molecule has 0 radical (unpaired) electrons. The summed E-state index contributed by atoms with van der Waals surface area (Å²) in [4.78, 5) is 0. The van der Waals surface area contributed by atoms with Crippen LogP contribution in [0.1, 0.15) is 35.9 Å². The molecule has 3 heterocycles. The quantitative estimate of drug-likeness (QED) is 0.919. The first-order valence-electron chi connectivity index (χ1n) is 7.12. The van der Waals surface area contributed by atoms with Gasteiger partial charge in [0.15, 0.2) is 0 Å². The van der Waals surface area contributed by atoms with Crippen LogP contribution < -0.4 is 5.32 Å². The van der Waals surface area contributed by atoms with E-state index in [0.717, 1.165) is 18.7 Å². The van der Waals surface area contributed by atoms with Gasteiger partial charge in [0.05, 0.1) is 5.69 Å². The number of hydrogen-bond donors (Lipinski definition) is 1. The summed E-state index contributed by atoms with van der Waals surface area (Å²) in [6.07, 6.45) is 2.58. The molecule has 4 nitrogen and oxygen atoms in total. The number of thioether (sulfide) groups is 1. The second-order valence-electron chi connectivity index (χ2n) is 5.62. The Hall–Kier alpha value is -0.520. The van der Waals surface area contributed by atoms with E-state index in [1.54, 1.807) is 0 Å². The normalized spacial score (nSPS) is 31.2. The van der Waals surface area contributed by atoms with Gasteiger partial charge in [-0.1, -0.05) is 0 Å². The molecular formula is C14H23N3OS. The van der Waals surface area contributed by atoms with Gasteiger partial charge in [0.1, 0.15) is 6.10 Å². The highest BCUT2D eigenvalue weighted by Crippen LogP contribution is 2.34. The fraction of sp³-hybridized carbons (Fsp3) is 0.786. The third kappa shape index (κ3) is 2.56. The van der Waals surface area contributed by atoms with Gasteiger partial charge < -0.3 is 10.1 Å². The van der Waals surface area contributed by atoms with Crippen LogP contribution in [0.5, 0.6) is 0 Å². The molecule has 2 aliphatic rings. The van der Waals surface area contributed by atoms with Gasteiger partial charge in [-0.15, -0.1) is 0 Å². The number of nitrogens with zero attached hydrogens (tertiary/aromatic N) is 2. The van der Waals surface area contributed by atoms with Crippen LogP contribution in [0.2, 0.25) is 0 Å². The summed E-state index contributed by atoms with van der Waals surface area (Å²) in [5.41, 5.74) is 3.64. The number of nitrogens with one attached hydrogen (secondary N) is 1. The third-order valence-electron chi connectivity index (χ3n) is 4.32. The fourth-order valence-electron chi connectivity index (χ4n) is 3.22. The van der Waals surface area contributed by atoms with E-state index in [1.807, 2.05) is 11.7 Å². The topological polar surface area (TPSA) is 39.1 Å². The molecule has 1 N–H and O–H groups in total. The van der Waals surface area contributed by atoms with Crippen molar-refractivity contribution in [2.75, 3.05) is 18.1 Å². The zero-order valence-electron chi connectivity index (χ0n) is 12.0. The van der Waals surface area contributed by atoms with Crippen molar-refractivity contribution in [3.05, 3.63) is 17.0 Å². The molecule has 2 fully saturated rings. The van der Waals surface area contributed by atoms with Crippen molar-refractivity contribution in [1.82, 2.24) is 15.1 Å². The van der Waals surface area contributed by atoms with Gasteiger partial charge in [-0.05, 0) is 32.4 Å². The lowest BCUT2D eigenvalue weighted by molar-refractivity contribution is 0.0959. The molecule has 2 aliphatic heterocycles. The average Bonchev–Trinajstić information content (AvgIpc) is 3.06. The highest BCUT2D eigenvalue weighted by molar-refractivity contribution is 7.99. The Balaban J connectivity index is 1.78. The lowest BCUT2D eigenvalue weighted by Gasteiger charge is -2.23. The van der Waals surface area contributed by atoms with Crippen molar-refractivity contribution in [3.8, 4) is 0 Å². The molecule has 0 bridgehead atoms. The molecule has 3 rings (SSSR count). The summed E-state index contributed by atoms with van der Waals surface area (Å²) < 4.78 is 7.98. The number of ether oxygens (including phenoxy) is 1. The van der Waals surface area contributed by atoms with Crippen LogP contribution in [0.25, 0.3) is 0 Å². The first-order chi connectivity index (χ1) is 9.16. The highest BCUT2D eigenvalue weighted by atomic mass is 32.2. The molecule has 0 amide bonds. The van der Waals surface area contributed by atoms with E-state index < -0.39 is 0 Å². The number of hydrogen-bond acceptors (Lipinski definition) is 4. The molecule has 106 valence electrons. The molecule has 0 saturated carbocycles. The van der Waals surface area contributed by atoms with Gasteiger partial charge in [0, 0.05) is 42.7 Å². The summed E-state index contributed by atoms with van der Waals surface area (Å²) >= 11 is 2.05. The van der Waals surface area contributed by atoms with Crippen LogP contribution in [0.3, 0.4) is 0 Å². The summed E-state index contributed by atoms with van der Waals surface area (Å²) in [7, 11) is 2.01. The van der Waals surface area contributed by atoms with Crippen molar-refractivity contribution in [1.29, 1.82) is 0 Å². The Bertz CT molecular complexity index is 454. The number of aryl methyl sites for hydroxylation is 2. The van der Waals surface area contributed by atoms with Gasteiger partial charge in [-0.2, -0.15) is 16.9 Å². The lowest BCUT2D eigenvalue weighted by atomic mass is 9.99. The molecule has 0 aliphatic carbocycles. The predicted octanol–water partition coefficient (Wildman–Crippen LogP) is 1.96. The molecular weight excluding hydrogens is 258 g/mol. The molecule has 1 aromatic heterocycles. The summed E-state index contributed by atoms with van der Waals surface area (Å²) in [6.45, 7) is 5.09. The molecule has 3 atom stereocenters. The number of aromatic nitrogens is 2. The van der Waals surface area contributed by atoms with Crippen LogP contribution in [-0.4, -0.2) is 40.0 Å². The SMILES string of the molecule is Cc1nn(C)c(C)c1[C@H]1OCC[C@@H]1N[C@H]1CCSC1. The van der Waals surface area contributed by atoms with Crippen molar-refractivity contribution in [3.63, 3.8) is 0 Å². The monoisotopic (exact) mass is 281 g/mol. The maximum absolute atomic E-state index is 6.01. The Morgan fingerprint density at radius 2 is 2.21 bits per heavy atom. The molecule has 1 aromatic rings. The number of rotatable bonds is 3. The third-order valence-corrected chi connectivity index (χ3v) is 5.48. The van der Waals surface area contributed by atoms with Gasteiger partial charge in [-0.25, -0.2) is 0 Å². The van der Waals surface area contributed by atoms with Crippen LogP contribution in [0, 0.1) is 13.8 Å². The summed E-state index contributed by atoms with van der Waals surface area (Å²) in [5.74, 6) is 2.54. The lowest BCUT2D eigenvalue weighted by Crippen LogP contribution is -2.40. The average molecular weight is 281 g/mol. The smallest absolute Gasteiger partial charge is 0.101 e.